The highest BCUT2D eigenvalue weighted by atomic mass is 16.5. The molecule has 0 heterocycles. The van der Waals surface area contributed by atoms with E-state index in [0.717, 1.165) is 0 Å². The highest BCUT2D eigenvalue weighted by Gasteiger charge is 2.18. The fourth-order valence-electron chi connectivity index (χ4n) is 0.821. The van der Waals surface area contributed by atoms with E-state index in [1.807, 2.05) is 20.8 Å². The molecular formula is C9H17NO2. The van der Waals surface area contributed by atoms with E-state index in [1.54, 1.807) is 6.92 Å². The normalized spacial score (nSPS) is 11.0. The summed E-state index contributed by atoms with van der Waals surface area (Å²) in [5.41, 5.74) is 0.0356. The van der Waals surface area contributed by atoms with Crippen molar-refractivity contribution in [2.75, 3.05) is 6.61 Å². The van der Waals surface area contributed by atoms with Gasteiger partial charge in [-0.1, -0.05) is 20.8 Å². The van der Waals surface area contributed by atoms with Gasteiger partial charge in [0.15, 0.2) is 0 Å². The van der Waals surface area contributed by atoms with E-state index in [2.05, 4.69) is 4.74 Å². The summed E-state index contributed by atoms with van der Waals surface area (Å²) >= 11 is 0. The zero-order valence-electron chi connectivity index (χ0n) is 8.23. The molecule has 70 valence electrons. The third-order valence-electron chi connectivity index (χ3n) is 1.23. The van der Waals surface area contributed by atoms with Gasteiger partial charge in [0, 0.05) is 6.42 Å². The average Bonchev–Trinajstić information content (AvgIpc) is 1.84. The quantitative estimate of drug-likeness (QED) is 0.521. The van der Waals surface area contributed by atoms with Crippen LogP contribution >= 0.6 is 0 Å². The first-order valence-electron chi connectivity index (χ1n) is 4.11. The standard InChI is InChI=1S/C9H17NO2/c1-5-12-8(11)7(10)6-9(2,3)4/h10H,5-6H2,1-4H3. The lowest BCUT2D eigenvalue weighted by Gasteiger charge is -2.17. The van der Waals surface area contributed by atoms with Crippen LogP contribution in [0, 0.1) is 10.8 Å². The van der Waals surface area contributed by atoms with E-state index in [4.69, 9.17) is 5.41 Å². The molecule has 0 amide bonds. The molecule has 0 saturated carbocycles. The lowest BCUT2D eigenvalue weighted by Crippen LogP contribution is -2.22. The van der Waals surface area contributed by atoms with Gasteiger partial charge in [0.2, 0.25) is 0 Å². The molecular weight excluding hydrogens is 154 g/mol. The molecule has 1 N–H and O–H groups in total. The minimum atomic E-state index is -0.493. The van der Waals surface area contributed by atoms with Crippen molar-refractivity contribution in [1.82, 2.24) is 0 Å². The highest BCUT2D eigenvalue weighted by molar-refractivity contribution is 6.35. The van der Waals surface area contributed by atoms with Crippen LogP contribution in [0.4, 0.5) is 0 Å². The summed E-state index contributed by atoms with van der Waals surface area (Å²) in [7, 11) is 0. The molecule has 0 rings (SSSR count). The minimum absolute atomic E-state index is 0.0240. The molecule has 0 unspecified atom stereocenters. The number of carbonyl (C=O) groups is 1. The van der Waals surface area contributed by atoms with E-state index in [9.17, 15) is 4.79 Å². The van der Waals surface area contributed by atoms with Crippen molar-refractivity contribution in [2.45, 2.75) is 34.1 Å². The number of esters is 1. The van der Waals surface area contributed by atoms with E-state index in [-0.39, 0.29) is 11.1 Å². The minimum Gasteiger partial charge on any atom is -0.462 e. The van der Waals surface area contributed by atoms with Crippen molar-refractivity contribution in [1.29, 1.82) is 5.41 Å². The Hall–Kier alpha value is -0.860. The summed E-state index contributed by atoms with van der Waals surface area (Å²) in [5.74, 6) is -0.493. The number of hydrogen-bond donors (Lipinski definition) is 1. The van der Waals surface area contributed by atoms with Crippen molar-refractivity contribution in [3.63, 3.8) is 0 Å². The summed E-state index contributed by atoms with van der Waals surface area (Å²) < 4.78 is 4.69. The van der Waals surface area contributed by atoms with Crippen molar-refractivity contribution in [2.24, 2.45) is 5.41 Å². The Morgan fingerprint density at radius 2 is 1.92 bits per heavy atom. The molecule has 0 bridgehead atoms. The lowest BCUT2D eigenvalue weighted by atomic mass is 9.90. The maximum absolute atomic E-state index is 11.0. The summed E-state index contributed by atoms with van der Waals surface area (Å²) in [6.45, 7) is 8.04. The molecule has 0 saturated heterocycles. The van der Waals surface area contributed by atoms with Gasteiger partial charge in [0.1, 0.15) is 5.71 Å². The number of hydrogen-bond acceptors (Lipinski definition) is 3. The van der Waals surface area contributed by atoms with Crippen LogP contribution in [0.25, 0.3) is 0 Å². The van der Waals surface area contributed by atoms with Crippen molar-refractivity contribution in [3.05, 3.63) is 0 Å². The van der Waals surface area contributed by atoms with E-state index in [1.165, 1.54) is 0 Å². The molecule has 0 atom stereocenters. The van der Waals surface area contributed by atoms with Crippen LogP contribution < -0.4 is 0 Å². The van der Waals surface area contributed by atoms with Gasteiger partial charge in [-0.2, -0.15) is 0 Å². The summed E-state index contributed by atoms with van der Waals surface area (Å²) in [6.07, 6.45) is 0.464. The zero-order chi connectivity index (χ0) is 9.78. The number of carbonyl (C=O) groups excluding carboxylic acids is 1. The fourth-order valence-corrected chi connectivity index (χ4v) is 0.821. The first-order chi connectivity index (χ1) is 5.37. The Morgan fingerprint density at radius 1 is 1.42 bits per heavy atom. The van der Waals surface area contributed by atoms with Gasteiger partial charge in [0.25, 0.3) is 0 Å². The van der Waals surface area contributed by atoms with E-state index >= 15 is 0 Å². The molecule has 0 aliphatic rings. The van der Waals surface area contributed by atoms with Crippen LogP contribution in [0.1, 0.15) is 34.1 Å². The first kappa shape index (κ1) is 11.1. The van der Waals surface area contributed by atoms with Crippen molar-refractivity contribution in [3.8, 4) is 0 Å². The van der Waals surface area contributed by atoms with Gasteiger partial charge in [0.05, 0.1) is 6.61 Å². The molecule has 0 radical (unpaired) electrons. The van der Waals surface area contributed by atoms with E-state index in [0.29, 0.717) is 13.0 Å². The van der Waals surface area contributed by atoms with Crippen LogP contribution in [0.5, 0.6) is 0 Å². The Morgan fingerprint density at radius 3 is 2.25 bits per heavy atom. The maximum atomic E-state index is 11.0. The van der Waals surface area contributed by atoms with Crippen LogP contribution in [-0.4, -0.2) is 18.3 Å². The Balaban J connectivity index is 3.97. The van der Waals surface area contributed by atoms with Gasteiger partial charge in [-0.05, 0) is 12.3 Å². The number of nitrogens with one attached hydrogen (secondary N) is 1. The average molecular weight is 171 g/mol. The first-order valence-corrected chi connectivity index (χ1v) is 4.11. The second-order valence-corrected chi connectivity index (χ2v) is 3.94. The molecule has 0 aliphatic heterocycles. The molecule has 0 aromatic rings. The van der Waals surface area contributed by atoms with Crippen molar-refractivity contribution >= 4 is 11.7 Å². The monoisotopic (exact) mass is 171 g/mol. The maximum Gasteiger partial charge on any atom is 0.351 e. The molecule has 0 aromatic carbocycles. The van der Waals surface area contributed by atoms with Crippen LogP contribution in [0.15, 0.2) is 0 Å². The van der Waals surface area contributed by atoms with Crippen LogP contribution in [-0.2, 0) is 9.53 Å². The zero-order valence-corrected chi connectivity index (χ0v) is 8.23. The summed E-state index contributed by atoms with van der Waals surface area (Å²) in [6, 6.07) is 0. The molecule has 0 aliphatic carbocycles. The van der Waals surface area contributed by atoms with Crippen LogP contribution in [0.3, 0.4) is 0 Å². The fraction of sp³-hybridized carbons (Fsp3) is 0.778. The number of rotatable bonds is 3. The Labute approximate surface area is 73.6 Å². The SMILES string of the molecule is CCOC(=O)C(=N)CC(C)(C)C. The second kappa shape index (κ2) is 4.24. The van der Waals surface area contributed by atoms with Gasteiger partial charge in [-0.3, -0.25) is 5.41 Å². The largest absolute Gasteiger partial charge is 0.462 e. The highest BCUT2D eigenvalue weighted by Crippen LogP contribution is 2.18. The molecule has 0 aromatic heterocycles. The Kier molecular flexibility index (Phi) is 3.93. The third kappa shape index (κ3) is 4.88. The third-order valence-corrected chi connectivity index (χ3v) is 1.23. The van der Waals surface area contributed by atoms with Gasteiger partial charge in [-0.15, -0.1) is 0 Å². The molecule has 3 heteroatoms. The topological polar surface area (TPSA) is 50.2 Å². The van der Waals surface area contributed by atoms with Crippen molar-refractivity contribution < 1.29 is 9.53 Å². The molecule has 0 spiro atoms. The van der Waals surface area contributed by atoms with Gasteiger partial charge < -0.3 is 4.74 Å². The van der Waals surface area contributed by atoms with Crippen LogP contribution in [0.2, 0.25) is 0 Å². The smallest absolute Gasteiger partial charge is 0.351 e. The molecule has 0 fully saturated rings. The predicted octanol–water partition coefficient (Wildman–Crippen LogP) is 2.01. The second-order valence-electron chi connectivity index (χ2n) is 3.94. The van der Waals surface area contributed by atoms with Gasteiger partial charge in [-0.25, -0.2) is 4.79 Å². The molecule has 3 nitrogen and oxygen atoms in total. The molecule has 12 heavy (non-hydrogen) atoms. The summed E-state index contributed by atoms with van der Waals surface area (Å²) in [5, 5.41) is 7.38. The summed E-state index contributed by atoms with van der Waals surface area (Å²) in [4.78, 5) is 11.0. The Bertz CT molecular complexity index is 179. The van der Waals surface area contributed by atoms with Gasteiger partial charge >= 0.3 is 5.97 Å². The number of ether oxygens (including phenoxy) is 1. The van der Waals surface area contributed by atoms with E-state index < -0.39 is 5.97 Å². The predicted molar refractivity (Wildman–Crippen MR) is 48.4 cm³/mol. The lowest BCUT2D eigenvalue weighted by molar-refractivity contribution is -0.135.